The van der Waals surface area contributed by atoms with E-state index in [0.29, 0.717) is 11.1 Å². The number of hydrogen-bond acceptors (Lipinski definition) is 1. The van der Waals surface area contributed by atoms with E-state index in [0.717, 1.165) is 17.0 Å². The lowest BCUT2D eigenvalue weighted by Crippen LogP contribution is -2.24. The molecule has 0 spiro atoms. The van der Waals surface area contributed by atoms with Crippen LogP contribution in [0.2, 0.25) is 0 Å². The van der Waals surface area contributed by atoms with Crippen LogP contribution in [0.5, 0.6) is 0 Å². The molecule has 1 N–H and O–H groups in total. The minimum absolute atomic E-state index is 0.0313. The first-order chi connectivity index (χ1) is 9.79. The SMILES string of the molecule is CN(C(=O)O)c1cc(-c2ccccc2)cc(C(F)(F)F)c1. The number of benzene rings is 2. The number of carbonyl (C=O) groups is 1. The molecule has 3 nitrogen and oxygen atoms in total. The number of alkyl halides is 3. The zero-order valence-corrected chi connectivity index (χ0v) is 11.1. The Morgan fingerprint density at radius 3 is 2.19 bits per heavy atom. The second-order valence-corrected chi connectivity index (χ2v) is 4.47. The summed E-state index contributed by atoms with van der Waals surface area (Å²) in [6.07, 6.45) is -5.87. The number of amides is 1. The van der Waals surface area contributed by atoms with E-state index < -0.39 is 17.8 Å². The van der Waals surface area contributed by atoms with Crippen LogP contribution in [0.25, 0.3) is 11.1 Å². The topological polar surface area (TPSA) is 40.5 Å². The average Bonchev–Trinajstić information content (AvgIpc) is 2.46. The van der Waals surface area contributed by atoms with Gasteiger partial charge in [-0.2, -0.15) is 13.2 Å². The van der Waals surface area contributed by atoms with Crippen LogP contribution in [-0.4, -0.2) is 18.2 Å². The Bertz CT molecular complexity index is 654. The van der Waals surface area contributed by atoms with Gasteiger partial charge in [0, 0.05) is 12.7 Å². The summed E-state index contributed by atoms with van der Waals surface area (Å²) in [4.78, 5) is 11.7. The van der Waals surface area contributed by atoms with Crippen molar-refractivity contribution in [1.29, 1.82) is 0 Å². The maximum Gasteiger partial charge on any atom is 0.416 e. The highest BCUT2D eigenvalue weighted by Gasteiger charge is 2.32. The van der Waals surface area contributed by atoms with Crippen molar-refractivity contribution in [2.45, 2.75) is 6.18 Å². The Hall–Kier alpha value is -2.50. The van der Waals surface area contributed by atoms with E-state index in [-0.39, 0.29) is 5.69 Å². The first kappa shape index (κ1) is 14.9. The third-order valence-electron chi connectivity index (χ3n) is 3.03. The van der Waals surface area contributed by atoms with Crippen molar-refractivity contribution in [3.05, 3.63) is 54.1 Å². The van der Waals surface area contributed by atoms with Gasteiger partial charge < -0.3 is 5.11 Å². The Labute approximate surface area is 119 Å². The Morgan fingerprint density at radius 1 is 1.05 bits per heavy atom. The van der Waals surface area contributed by atoms with E-state index in [1.165, 1.54) is 13.1 Å². The van der Waals surface area contributed by atoms with Gasteiger partial charge in [-0.25, -0.2) is 4.79 Å². The number of halogens is 3. The standard InChI is InChI=1S/C15H12F3NO2/c1-19(14(20)21)13-8-11(10-5-3-2-4-6-10)7-12(9-13)15(16,17)18/h2-9H,1H3,(H,20,21). The fourth-order valence-corrected chi connectivity index (χ4v) is 1.88. The minimum Gasteiger partial charge on any atom is -0.465 e. The van der Waals surface area contributed by atoms with Gasteiger partial charge in [0.05, 0.1) is 5.56 Å². The maximum atomic E-state index is 13.0. The smallest absolute Gasteiger partial charge is 0.416 e. The third-order valence-corrected chi connectivity index (χ3v) is 3.03. The fraction of sp³-hybridized carbons (Fsp3) is 0.133. The van der Waals surface area contributed by atoms with E-state index in [2.05, 4.69) is 0 Å². The van der Waals surface area contributed by atoms with Gasteiger partial charge >= 0.3 is 12.3 Å². The molecule has 0 saturated heterocycles. The molecule has 110 valence electrons. The van der Waals surface area contributed by atoms with Crippen molar-refractivity contribution in [2.24, 2.45) is 0 Å². The van der Waals surface area contributed by atoms with Crippen LogP contribution in [0, 0.1) is 0 Å². The number of hydrogen-bond donors (Lipinski definition) is 1. The van der Waals surface area contributed by atoms with Gasteiger partial charge in [0.25, 0.3) is 0 Å². The van der Waals surface area contributed by atoms with E-state index in [4.69, 9.17) is 5.11 Å². The summed E-state index contributed by atoms with van der Waals surface area (Å²) in [6.45, 7) is 0. The zero-order chi connectivity index (χ0) is 15.6. The predicted molar refractivity (Wildman–Crippen MR) is 73.3 cm³/mol. The van der Waals surface area contributed by atoms with Crippen molar-refractivity contribution >= 4 is 11.8 Å². The largest absolute Gasteiger partial charge is 0.465 e. The lowest BCUT2D eigenvalue weighted by Gasteiger charge is -2.17. The maximum absolute atomic E-state index is 13.0. The minimum atomic E-state index is -4.54. The van der Waals surface area contributed by atoms with Gasteiger partial charge in [-0.15, -0.1) is 0 Å². The van der Waals surface area contributed by atoms with Crippen molar-refractivity contribution in [3.8, 4) is 11.1 Å². The monoisotopic (exact) mass is 295 g/mol. The lowest BCUT2D eigenvalue weighted by atomic mass is 10.0. The normalized spacial score (nSPS) is 11.2. The van der Waals surface area contributed by atoms with Crippen molar-refractivity contribution < 1.29 is 23.1 Å². The average molecular weight is 295 g/mol. The molecule has 0 saturated carbocycles. The number of nitrogens with zero attached hydrogens (tertiary/aromatic N) is 1. The number of anilines is 1. The van der Waals surface area contributed by atoms with Crippen LogP contribution in [0.1, 0.15) is 5.56 Å². The first-order valence-corrected chi connectivity index (χ1v) is 6.03. The summed E-state index contributed by atoms with van der Waals surface area (Å²) in [7, 11) is 1.20. The van der Waals surface area contributed by atoms with Crippen LogP contribution in [0.4, 0.5) is 23.7 Å². The summed E-state index contributed by atoms with van der Waals surface area (Å²) in [5, 5.41) is 8.94. The van der Waals surface area contributed by atoms with Gasteiger partial charge in [0.1, 0.15) is 0 Å². The number of rotatable bonds is 2. The Morgan fingerprint density at radius 2 is 1.67 bits per heavy atom. The fourth-order valence-electron chi connectivity index (χ4n) is 1.88. The van der Waals surface area contributed by atoms with E-state index in [9.17, 15) is 18.0 Å². The molecule has 0 radical (unpaired) electrons. The molecule has 0 aliphatic carbocycles. The predicted octanol–water partition coefficient (Wildman–Crippen LogP) is 4.49. The molecule has 21 heavy (non-hydrogen) atoms. The van der Waals surface area contributed by atoms with E-state index in [1.54, 1.807) is 30.3 Å². The molecule has 2 aromatic rings. The molecule has 2 rings (SSSR count). The highest BCUT2D eigenvalue weighted by Crippen LogP contribution is 2.35. The number of carboxylic acid groups (broad SMARTS) is 1. The van der Waals surface area contributed by atoms with Crippen molar-refractivity contribution in [1.82, 2.24) is 0 Å². The van der Waals surface area contributed by atoms with Crippen LogP contribution >= 0.6 is 0 Å². The molecule has 0 aromatic heterocycles. The molecule has 0 bridgehead atoms. The summed E-state index contributed by atoms with van der Waals surface area (Å²) in [5.41, 5.74) is -0.0136. The molecule has 0 aliphatic heterocycles. The van der Waals surface area contributed by atoms with Crippen molar-refractivity contribution in [2.75, 3.05) is 11.9 Å². The molecule has 6 heteroatoms. The third kappa shape index (κ3) is 3.34. The summed E-state index contributed by atoms with van der Waals surface area (Å²) >= 11 is 0. The molecule has 0 atom stereocenters. The molecule has 0 unspecified atom stereocenters. The summed E-state index contributed by atoms with van der Waals surface area (Å²) in [5.74, 6) is 0. The van der Waals surface area contributed by atoms with Gasteiger partial charge in [-0.3, -0.25) is 4.90 Å². The van der Waals surface area contributed by atoms with E-state index >= 15 is 0 Å². The summed E-state index contributed by atoms with van der Waals surface area (Å²) in [6, 6.07) is 11.7. The quantitative estimate of drug-likeness (QED) is 0.887. The molecule has 1 amide bonds. The van der Waals surface area contributed by atoms with Crippen LogP contribution in [0.15, 0.2) is 48.5 Å². The van der Waals surface area contributed by atoms with Crippen LogP contribution in [-0.2, 0) is 6.18 Å². The van der Waals surface area contributed by atoms with Crippen LogP contribution < -0.4 is 4.90 Å². The molecule has 0 heterocycles. The highest BCUT2D eigenvalue weighted by atomic mass is 19.4. The lowest BCUT2D eigenvalue weighted by molar-refractivity contribution is -0.137. The molecule has 2 aromatic carbocycles. The summed E-state index contributed by atoms with van der Waals surface area (Å²) < 4.78 is 38.9. The second kappa shape index (κ2) is 5.47. The van der Waals surface area contributed by atoms with Gasteiger partial charge in [-0.05, 0) is 29.3 Å². The molecular formula is C15H12F3NO2. The second-order valence-electron chi connectivity index (χ2n) is 4.47. The van der Waals surface area contributed by atoms with Crippen LogP contribution in [0.3, 0.4) is 0 Å². The van der Waals surface area contributed by atoms with Gasteiger partial charge in [-0.1, -0.05) is 30.3 Å². The highest BCUT2D eigenvalue weighted by molar-refractivity contribution is 5.87. The van der Waals surface area contributed by atoms with Gasteiger partial charge in [0.2, 0.25) is 0 Å². The molecule has 0 fully saturated rings. The Kier molecular flexibility index (Phi) is 3.88. The first-order valence-electron chi connectivity index (χ1n) is 6.03. The molecule has 0 aliphatic rings. The van der Waals surface area contributed by atoms with E-state index in [1.807, 2.05) is 0 Å². The molecular weight excluding hydrogens is 283 g/mol. The Balaban J connectivity index is 2.61. The van der Waals surface area contributed by atoms with Gasteiger partial charge in [0.15, 0.2) is 0 Å². The zero-order valence-electron chi connectivity index (χ0n) is 11.1. The van der Waals surface area contributed by atoms with Crippen molar-refractivity contribution in [3.63, 3.8) is 0 Å².